The van der Waals surface area contributed by atoms with E-state index in [9.17, 15) is 14.0 Å². The molecule has 2 aromatic carbocycles. The van der Waals surface area contributed by atoms with Gasteiger partial charge in [-0.15, -0.1) is 0 Å². The summed E-state index contributed by atoms with van der Waals surface area (Å²) < 4.78 is 13.2. The second-order valence-corrected chi connectivity index (χ2v) is 7.93. The SMILES string of the molecule is Cc1ccccc1C1CN(C(=O)c2ccc(F)cc2)CC1C(=O)NCC(C)C. The summed E-state index contributed by atoms with van der Waals surface area (Å²) in [5, 5.41) is 3.02. The first-order valence-electron chi connectivity index (χ1n) is 9.75. The van der Waals surface area contributed by atoms with Crippen LogP contribution in [0.5, 0.6) is 0 Å². The van der Waals surface area contributed by atoms with Gasteiger partial charge in [-0.2, -0.15) is 0 Å². The fourth-order valence-electron chi connectivity index (χ4n) is 3.76. The number of nitrogens with zero attached hydrogens (tertiary/aromatic N) is 1. The number of carbonyl (C=O) groups excluding carboxylic acids is 2. The Labute approximate surface area is 165 Å². The molecule has 0 aliphatic carbocycles. The third kappa shape index (κ3) is 4.41. The van der Waals surface area contributed by atoms with Gasteiger partial charge < -0.3 is 10.2 Å². The molecule has 1 N–H and O–H groups in total. The molecule has 0 spiro atoms. The van der Waals surface area contributed by atoms with Crippen molar-refractivity contribution < 1.29 is 14.0 Å². The van der Waals surface area contributed by atoms with Crippen LogP contribution in [-0.2, 0) is 4.79 Å². The number of benzene rings is 2. The van der Waals surface area contributed by atoms with Crippen LogP contribution in [-0.4, -0.2) is 36.3 Å². The number of aryl methyl sites for hydroxylation is 1. The highest BCUT2D eigenvalue weighted by Crippen LogP contribution is 2.35. The first kappa shape index (κ1) is 20.1. The smallest absolute Gasteiger partial charge is 0.253 e. The maximum atomic E-state index is 13.2. The highest BCUT2D eigenvalue weighted by molar-refractivity contribution is 5.95. The Morgan fingerprint density at radius 3 is 2.43 bits per heavy atom. The molecule has 2 amide bonds. The van der Waals surface area contributed by atoms with Crippen molar-refractivity contribution in [2.75, 3.05) is 19.6 Å². The summed E-state index contributed by atoms with van der Waals surface area (Å²) in [6.45, 7) is 7.58. The fourth-order valence-corrected chi connectivity index (χ4v) is 3.76. The van der Waals surface area contributed by atoms with Crippen molar-refractivity contribution in [2.45, 2.75) is 26.7 Å². The first-order chi connectivity index (χ1) is 13.4. The Kier molecular flexibility index (Phi) is 6.12. The van der Waals surface area contributed by atoms with E-state index in [0.29, 0.717) is 31.1 Å². The number of nitrogens with one attached hydrogen (secondary N) is 1. The molecule has 148 valence electrons. The van der Waals surface area contributed by atoms with E-state index in [1.54, 1.807) is 4.90 Å². The molecule has 2 atom stereocenters. The third-order valence-corrected chi connectivity index (χ3v) is 5.31. The maximum Gasteiger partial charge on any atom is 0.253 e. The molecule has 5 heteroatoms. The molecule has 1 saturated heterocycles. The highest BCUT2D eigenvalue weighted by atomic mass is 19.1. The summed E-state index contributed by atoms with van der Waals surface area (Å²) in [4.78, 5) is 27.5. The van der Waals surface area contributed by atoms with Crippen molar-refractivity contribution >= 4 is 11.8 Å². The Morgan fingerprint density at radius 1 is 1.11 bits per heavy atom. The van der Waals surface area contributed by atoms with Gasteiger partial charge in [-0.1, -0.05) is 38.1 Å². The number of amides is 2. The van der Waals surface area contributed by atoms with Crippen LogP contribution >= 0.6 is 0 Å². The molecular weight excluding hydrogens is 355 g/mol. The van der Waals surface area contributed by atoms with Gasteiger partial charge in [0.25, 0.3) is 5.91 Å². The van der Waals surface area contributed by atoms with Gasteiger partial charge in [0.15, 0.2) is 0 Å². The van der Waals surface area contributed by atoms with E-state index in [-0.39, 0.29) is 29.5 Å². The van der Waals surface area contributed by atoms with Crippen LogP contribution in [0.1, 0.15) is 41.3 Å². The van der Waals surface area contributed by atoms with Crippen LogP contribution in [0.2, 0.25) is 0 Å². The van der Waals surface area contributed by atoms with Crippen molar-refractivity contribution in [3.8, 4) is 0 Å². The molecule has 1 heterocycles. The Morgan fingerprint density at radius 2 is 1.79 bits per heavy atom. The Hall–Kier alpha value is -2.69. The van der Waals surface area contributed by atoms with Crippen molar-refractivity contribution in [2.24, 2.45) is 11.8 Å². The van der Waals surface area contributed by atoms with Crippen LogP contribution < -0.4 is 5.32 Å². The number of hydrogen-bond donors (Lipinski definition) is 1. The van der Waals surface area contributed by atoms with Crippen LogP contribution in [0, 0.1) is 24.6 Å². The normalized spacial score (nSPS) is 19.1. The van der Waals surface area contributed by atoms with Crippen molar-refractivity contribution in [3.05, 3.63) is 71.0 Å². The summed E-state index contributed by atoms with van der Waals surface area (Å²) in [6, 6.07) is 13.6. The molecule has 28 heavy (non-hydrogen) atoms. The molecule has 1 fully saturated rings. The van der Waals surface area contributed by atoms with E-state index >= 15 is 0 Å². The zero-order valence-corrected chi connectivity index (χ0v) is 16.6. The van der Waals surface area contributed by atoms with E-state index in [0.717, 1.165) is 11.1 Å². The van der Waals surface area contributed by atoms with Gasteiger partial charge in [-0.05, 0) is 48.2 Å². The zero-order chi connectivity index (χ0) is 20.3. The average molecular weight is 382 g/mol. The van der Waals surface area contributed by atoms with Gasteiger partial charge in [-0.3, -0.25) is 9.59 Å². The molecule has 3 rings (SSSR count). The Bertz CT molecular complexity index is 848. The average Bonchev–Trinajstić information content (AvgIpc) is 3.11. The second kappa shape index (κ2) is 8.55. The van der Waals surface area contributed by atoms with E-state index < -0.39 is 0 Å². The van der Waals surface area contributed by atoms with E-state index in [1.807, 2.05) is 31.2 Å². The van der Waals surface area contributed by atoms with Gasteiger partial charge in [-0.25, -0.2) is 4.39 Å². The summed E-state index contributed by atoms with van der Waals surface area (Å²) in [7, 11) is 0. The molecule has 0 radical (unpaired) electrons. The van der Waals surface area contributed by atoms with Crippen molar-refractivity contribution in [3.63, 3.8) is 0 Å². The highest BCUT2D eigenvalue weighted by Gasteiger charge is 2.41. The van der Waals surface area contributed by atoms with Gasteiger partial charge in [0.05, 0.1) is 5.92 Å². The van der Waals surface area contributed by atoms with E-state index in [4.69, 9.17) is 0 Å². The van der Waals surface area contributed by atoms with Crippen LogP contribution in [0.4, 0.5) is 4.39 Å². The number of halogens is 1. The fraction of sp³-hybridized carbons (Fsp3) is 0.391. The molecule has 1 aliphatic rings. The number of hydrogen-bond acceptors (Lipinski definition) is 2. The molecule has 2 aromatic rings. The molecule has 2 unspecified atom stereocenters. The third-order valence-electron chi connectivity index (χ3n) is 5.31. The predicted octanol–water partition coefficient (Wildman–Crippen LogP) is 3.76. The lowest BCUT2D eigenvalue weighted by atomic mass is 9.86. The summed E-state index contributed by atoms with van der Waals surface area (Å²) in [5.74, 6) is -0.558. The number of rotatable bonds is 5. The van der Waals surface area contributed by atoms with Crippen LogP contribution in [0.15, 0.2) is 48.5 Å². The lowest BCUT2D eigenvalue weighted by Gasteiger charge is -2.20. The standard InChI is InChI=1S/C23H27FN2O2/c1-15(2)12-25-22(27)21-14-26(23(28)17-8-10-18(24)11-9-17)13-20(21)19-7-5-4-6-16(19)3/h4-11,15,20-21H,12-14H2,1-3H3,(H,25,27). The molecule has 4 nitrogen and oxygen atoms in total. The quantitative estimate of drug-likeness (QED) is 0.856. The van der Waals surface area contributed by atoms with Crippen molar-refractivity contribution in [1.29, 1.82) is 0 Å². The van der Waals surface area contributed by atoms with E-state index in [2.05, 4.69) is 19.2 Å². The van der Waals surface area contributed by atoms with Crippen LogP contribution in [0.3, 0.4) is 0 Å². The minimum absolute atomic E-state index is 0.0173. The van der Waals surface area contributed by atoms with Gasteiger partial charge in [0, 0.05) is 31.1 Å². The first-order valence-corrected chi connectivity index (χ1v) is 9.75. The Balaban J connectivity index is 1.85. The second-order valence-electron chi connectivity index (χ2n) is 7.93. The summed E-state index contributed by atoms with van der Waals surface area (Å²) >= 11 is 0. The topological polar surface area (TPSA) is 49.4 Å². The van der Waals surface area contributed by atoms with Gasteiger partial charge in [0.2, 0.25) is 5.91 Å². The number of carbonyl (C=O) groups is 2. The minimum Gasteiger partial charge on any atom is -0.356 e. The molecule has 0 bridgehead atoms. The van der Waals surface area contributed by atoms with E-state index in [1.165, 1.54) is 24.3 Å². The molecular formula is C23H27FN2O2. The number of likely N-dealkylation sites (tertiary alicyclic amines) is 1. The lowest BCUT2D eigenvalue weighted by molar-refractivity contribution is -0.125. The van der Waals surface area contributed by atoms with Gasteiger partial charge in [0.1, 0.15) is 5.82 Å². The zero-order valence-electron chi connectivity index (χ0n) is 16.6. The van der Waals surface area contributed by atoms with Gasteiger partial charge >= 0.3 is 0 Å². The molecule has 0 aromatic heterocycles. The minimum atomic E-state index is -0.373. The maximum absolute atomic E-state index is 13.2. The largest absolute Gasteiger partial charge is 0.356 e. The molecule has 0 saturated carbocycles. The van der Waals surface area contributed by atoms with Crippen molar-refractivity contribution in [1.82, 2.24) is 10.2 Å². The summed E-state index contributed by atoms with van der Waals surface area (Å²) in [5.41, 5.74) is 2.65. The lowest BCUT2D eigenvalue weighted by Crippen LogP contribution is -2.37. The van der Waals surface area contributed by atoms with Crippen LogP contribution in [0.25, 0.3) is 0 Å². The summed E-state index contributed by atoms with van der Waals surface area (Å²) in [6.07, 6.45) is 0. The predicted molar refractivity (Wildman–Crippen MR) is 108 cm³/mol. The molecule has 1 aliphatic heterocycles. The monoisotopic (exact) mass is 382 g/mol.